The van der Waals surface area contributed by atoms with Gasteiger partial charge in [0, 0.05) is 13.1 Å². The van der Waals surface area contributed by atoms with Crippen LogP contribution in [0.1, 0.15) is 51.9 Å². The summed E-state index contributed by atoms with van der Waals surface area (Å²) in [5, 5.41) is 6.58. The van der Waals surface area contributed by atoms with E-state index in [1.54, 1.807) is 0 Å². The summed E-state index contributed by atoms with van der Waals surface area (Å²) < 4.78 is 0. The van der Waals surface area contributed by atoms with Gasteiger partial charge in [-0.15, -0.1) is 0 Å². The number of carbonyl (C=O) groups is 1. The summed E-state index contributed by atoms with van der Waals surface area (Å²) in [5.74, 6) is 0. The summed E-state index contributed by atoms with van der Waals surface area (Å²) in [5.41, 5.74) is 0.0752. The molecule has 0 aromatic carbocycles. The Morgan fingerprint density at radius 3 is 2.61 bits per heavy atom. The van der Waals surface area contributed by atoms with Crippen LogP contribution < -0.4 is 10.6 Å². The third-order valence-electron chi connectivity index (χ3n) is 4.25. The summed E-state index contributed by atoms with van der Waals surface area (Å²) in [6.45, 7) is 6.15. The third-order valence-corrected chi connectivity index (χ3v) is 4.25. The van der Waals surface area contributed by atoms with Gasteiger partial charge in [-0.05, 0) is 32.4 Å². The van der Waals surface area contributed by atoms with Crippen LogP contribution in [0.15, 0.2) is 0 Å². The Bertz CT molecular complexity index is 274. The molecule has 0 atom stereocenters. The fourth-order valence-electron chi connectivity index (χ4n) is 3.06. The zero-order valence-corrected chi connectivity index (χ0v) is 11.6. The number of carbonyl (C=O) groups excluding carboxylic acids is 1. The van der Waals surface area contributed by atoms with E-state index < -0.39 is 0 Å². The number of nitrogens with zero attached hydrogens (tertiary/aromatic N) is 1. The zero-order chi connectivity index (χ0) is 12.8. The molecule has 4 nitrogen and oxygen atoms in total. The molecule has 0 bridgehead atoms. The smallest absolute Gasteiger partial charge is 0.317 e. The molecule has 1 spiro atoms. The average molecular weight is 253 g/mol. The highest BCUT2D eigenvalue weighted by molar-refractivity contribution is 5.78. The van der Waals surface area contributed by atoms with Crippen molar-refractivity contribution in [2.45, 2.75) is 57.4 Å². The molecular formula is C14H27N3O. The summed E-state index contributed by atoms with van der Waals surface area (Å²) in [6, 6.07) is 0.160. The fourth-order valence-corrected chi connectivity index (χ4v) is 3.06. The van der Waals surface area contributed by atoms with Crippen molar-refractivity contribution in [1.82, 2.24) is 15.5 Å². The van der Waals surface area contributed by atoms with Crippen LogP contribution in [0.3, 0.4) is 0 Å². The van der Waals surface area contributed by atoms with Crippen LogP contribution in [0.25, 0.3) is 0 Å². The number of nitrogens with one attached hydrogen (secondary N) is 2. The largest absolute Gasteiger partial charge is 0.331 e. The lowest BCUT2D eigenvalue weighted by atomic mass is 9.89. The van der Waals surface area contributed by atoms with Gasteiger partial charge >= 0.3 is 6.03 Å². The van der Waals surface area contributed by atoms with E-state index in [0.717, 1.165) is 45.4 Å². The topological polar surface area (TPSA) is 44.4 Å². The van der Waals surface area contributed by atoms with E-state index in [1.807, 2.05) is 4.90 Å². The van der Waals surface area contributed by atoms with Crippen LogP contribution in [0, 0.1) is 0 Å². The van der Waals surface area contributed by atoms with Crippen LogP contribution in [0.5, 0.6) is 0 Å². The van der Waals surface area contributed by atoms with Crippen LogP contribution in [-0.2, 0) is 0 Å². The first-order valence-electron chi connectivity index (χ1n) is 7.54. The van der Waals surface area contributed by atoms with Crippen molar-refractivity contribution in [1.29, 1.82) is 0 Å². The Morgan fingerprint density at radius 2 is 1.89 bits per heavy atom. The molecule has 0 aromatic rings. The van der Waals surface area contributed by atoms with E-state index in [-0.39, 0.29) is 11.6 Å². The molecule has 2 N–H and O–H groups in total. The Kier molecular flexibility index (Phi) is 4.87. The van der Waals surface area contributed by atoms with E-state index >= 15 is 0 Å². The van der Waals surface area contributed by atoms with Crippen LogP contribution in [0.2, 0.25) is 0 Å². The molecule has 0 aliphatic carbocycles. The first-order chi connectivity index (χ1) is 8.76. The van der Waals surface area contributed by atoms with Crippen molar-refractivity contribution < 1.29 is 4.79 Å². The third kappa shape index (κ3) is 3.37. The van der Waals surface area contributed by atoms with Crippen molar-refractivity contribution >= 4 is 6.03 Å². The molecule has 2 aliphatic rings. The lowest BCUT2D eigenvalue weighted by molar-refractivity contribution is 0.216. The van der Waals surface area contributed by atoms with Gasteiger partial charge in [0.25, 0.3) is 0 Å². The summed E-state index contributed by atoms with van der Waals surface area (Å²) >= 11 is 0. The number of unbranched alkanes of at least 4 members (excludes halogenated alkanes) is 4. The quantitative estimate of drug-likeness (QED) is 0.712. The number of hydrogen-bond acceptors (Lipinski definition) is 2. The van der Waals surface area contributed by atoms with E-state index in [0.29, 0.717) is 0 Å². The van der Waals surface area contributed by atoms with Gasteiger partial charge in [-0.1, -0.05) is 32.6 Å². The molecule has 2 saturated heterocycles. The SMILES string of the molecule is CCCCCCCN1CC2(CCNCC2)NC1=O. The van der Waals surface area contributed by atoms with Gasteiger partial charge in [-0.3, -0.25) is 0 Å². The molecule has 18 heavy (non-hydrogen) atoms. The number of rotatable bonds is 6. The Balaban J connectivity index is 1.71. The lowest BCUT2D eigenvalue weighted by Crippen LogP contribution is -2.51. The number of amides is 2. The second-order valence-electron chi connectivity index (χ2n) is 5.80. The fraction of sp³-hybridized carbons (Fsp3) is 0.929. The van der Waals surface area contributed by atoms with Crippen LogP contribution >= 0.6 is 0 Å². The molecular weight excluding hydrogens is 226 g/mol. The van der Waals surface area contributed by atoms with E-state index in [9.17, 15) is 4.79 Å². The summed E-state index contributed by atoms with van der Waals surface area (Å²) in [6.07, 6.45) is 8.47. The van der Waals surface area contributed by atoms with Crippen molar-refractivity contribution in [3.05, 3.63) is 0 Å². The maximum absolute atomic E-state index is 12.0. The Morgan fingerprint density at radius 1 is 1.17 bits per heavy atom. The molecule has 0 radical (unpaired) electrons. The van der Waals surface area contributed by atoms with Gasteiger partial charge in [0.15, 0.2) is 0 Å². The van der Waals surface area contributed by atoms with Crippen molar-refractivity contribution in [2.75, 3.05) is 26.2 Å². The molecule has 2 heterocycles. The van der Waals surface area contributed by atoms with Crippen LogP contribution in [0.4, 0.5) is 4.79 Å². The standard InChI is InChI=1S/C14H27N3O/c1-2-3-4-5-6-11-17-12-14(16-13(17)18)7-9-15-10-8-14/h15H,2-12H2,1H3,(H,16,18). The molecule has 2 rings (SSSR count). The van der Waals surface area contributed by atoms with Crippen molar-refractivity contribution in [3.63, 3.8) is 0 Å². The number of urea groups is 1. The van der Waals surface area contributed by atoms with Crippen LogP contribution in [-0.4, -0.2) is 42.6 Å². The molecule has 104 valence electrons. The normalized spacial score (nSPS) is 22.5. The summed E-state index contributed by atoms with van der Waals surface area (Å²) in [4.78, 5) is 14.0. The number of piperidine rings is 1. The van der Waals surface area contributed by atoms with Crippen molar-refractivity contribution in [3.8, 4) is 0 Å². The molecule has 0 saturated carbocycles. The minimum absolute atomic E-state index is 0.0752. The molecule has 2 amide bonds. The monoisotopic (exact) mass is 253 g/mol. The van der Waals surface area contributed by atoms with E-state index in [2.05, 4.69) is 17.6 Å². The molecule has 2 fully saturated rings. The van der Waals surface area contributed by atoms with E-state index in [4.69, 9.17) is 0 Å². The van der Waals surface area contributed by atoms with Gasteiger partial charge in [0.1, 0.15) is 0 Å². The second kappa shape index (κ2) is 6.41. The van der Waals surface area contributed by atoms with Gasteiger partial charge in [-0.25, -0.2) is 4.79 Å². The van der Waals surface area contributed by atoms with Gasteiger partial charge < -0.3 is 15.5 Å². The predicted molar refractivity (Wildman–Crippen MR) is 73.7 cm³/mol. The average Bonchev–Trinajstić information content (AvgIpc) is 2.66. The molecule has 2 aliphatic heterocycles. The zero-order valence-electron chi connectivity index (χ0n) is 11.6. The minimum Gasteiger partial charge on any atom is -0.331 e. The van der Waals surface area contributed by atoms with Gasteiger partial charge in [0.2, 0.25) is 0 Å². The Labute approximate surface area is 110 Å². The van der Waals surface area contributed by atoms with Crippen molar-refractivity contribution in [2.24, 2.45) is 0 Å². The molecule has 4 heteroatoms. The lowest BCUT2D eigenvalue weighted by Gasteiger charge is -2.33. The highest BCUT2D eigenvalue weighted by Crippen LogP contribution is 2.25. The van der Waals surface area contributed by atoms with Gasteiger partial charge in [-0.2, -0.15) is 0 Å². The maximum atomic E-state index is 12.0. The van der Waals surface area contributed by atoms with E-state index in [1.165, 1.54) is 25.7 Å². The first-order valence-corrected chi connectivity index (χ1v) is 7.54. The van der Waals surface area contributed by atoms with Gasteiger partial charge in [0.05, 0.1) is 5.54 Å². The molecule has 0 unspecified atom stereocenters. The first kappa shape index (κ1) is 13.7. The highest BCUT2D eigenvalue weighted by Gasteiger charge is 2.42. The summed E-state index contributed by atoms with van der Waals surface area (Å²) in [7, 11) is 0. The Hall–Kier alpha value is -0.770. The highest BCUT2D eigenvalue weighted by atomic mass is 16.2. The number of hydrogen-bond donors (Lipinski definition) is 2. The maximum Gasteiger partial charge on any atom is 0.317 e. The molecule has 0 aromatic heterocycles. The predicted octanol–water partition coefficient (Wildman–Crippen LogP) is 2.10. The second-order valence-corrected chi connectivity index (χ2v) is 5.80. The minimum atomic E-state index is 0.0752.